The fourth-order valence-electron chi connectivity index (χ4n) is 4.03. The van der Waals surface area contributed by atoms with Crippen molar-refractivity contribution in [2.75, 3.05) is 30.2 Å². The van der Waals surface area contributed by atoms with E-state index in [4.69, 9.17) is 9.47 Å². The molecule has 0 bridgehead atoms. The standard InChI is InChI=1S/C23H28F3N3O6S/c1-15-12-28(13-16(2)34-15)21(22(30)27-31)14-29(36(3,32)33)18-6-10-20(11-7-18)35-19-8-4-17(5-9-19)23(24,25)26/h4-11,15-16,21,31H,12-14H2,1-3H3,(H,27,30)/t15-,16?,21+/m1/s1. The minimum Gasteiger partial charge on any atom is -0.457 e. The number of hydrogen-bond acceptors (Lipinski definition) is 7. The second-order valence-electron chi connectivity index (χ2n) is 8.62. The van der Waals surface area contributed by atoms with Crippen molar-refractivity contribution in [1.29, 1.82) is 0 Å². The normalized spacial score (nSPS) is 20.0. The predicted octanol–water partition coefficient (Wildman–Crippen LogP) is 3.25. The number of nitrogens with zero attached hydrogens (tertiary/aromatic N) is 2. The number of hydroxylamine groups is 1. The Balaban J connectivity index is 1.81. The van der Waals surface area contributed by atoms with Gasteiger partial charge < -0.3 is 9.47 Å². The number of carbonyl (C=O) groups excluding carboxylic acids is 1. The minimum absolute atomic E-state index is 0.172. The average Bonchev–Trinajstić information content (AvgIpc) is 2.78. The van der Waals surface area contributed by atoms with E-state index in [0.29, 0.717) is 13.1 Å². The minimum atomic E-state index is -4.46. The number of amides is 1. The Morgan fingerprint density at radius 1 is 1.11 bits per heavy atom. The molecule has 1 aliphatic rings. The first-order chi connectivity index (χ1) is 16.8. The monoisotopic (exact) mass is 531 g/mol. The highest BCUT2D eigenvalue weighted by Crippen LogP contribution is 2.32. The lowest BCUT2D eigenvalue weighted by molar-refractivity contribution is -0.140. The molecule has 3 rings (SSSR count). The van der Waals surface area contributed by atoms with E-state index in [1.54, 1.807) is 10.4 Å². The van der Waals surface area contributed by atoms with Crippen LogP contribution in [0.15, 0.2) is 48.5 Å². The molecule has 1 saturated heterocycles. The number of alkyl halides is 3. The van der Waals surface area contributed by atoms with Crippen LogP contribution in [-0.2, 0) is 25.7 Å². The number of carbonyl (C=O) groups is 1. The Morgan fingerprint density at radius 2 is 1.61 bits per heavy atom. The third-order valence-corrected chi connectivity index (χ3v) is 6.74. The number of halogens is 3. The van der Waals surface area contributed by atoms with Gasteiger partial charge >= 0.3 is 6.18 Å². The number of nitrogens with one attached hydrogen (secondary N) is 1. The van der Waals surface area contributed by atoms with Crippen molar-refractivity contribution >= 4 is 21.6 Å². The maximum absolute atomic E-state index is 12.7. The van der Waals surface area contributed by atoms with Gasteiger partial charge in [-0.15, -0.1) is 0 Å². The van der Waals surface area contributed by atoms with E-state index in [1.165, 1.54) is 36.4 Å². The first kappa shape index (κ1) is 27.7. The van der Waals surface area contributed by atoms with Crippen molar-refractivity contribution in [2.24, 2.45) is 0 Å². The summed E-state index contributed by atoms with van der Waals surface area (Å²) in [5.41, 5.74) is 1.05. The van der Waals surface area contributed by atoms with Crippen LogP contribution >= 0.6 is 0 Å². The van der Waals surface area contributed by atoms with Crippen molar-refractivity contribution in [3.8, 4) is 11.5 Å². The number of hydrogen-bond donors (Lipinski definition) is 2. The van der Waals surface area contributed by atoms with E-state index in [0.717, 1.165) is 22.7 Å². The fraction of sp³-hybridized carbons (Fsp3) is 0.435. The lowest BCUT2D eigenvalue weighted by Gasteiger charge is -2.40. The molecule has 2 aromatic rings. The first-order valence-electron chi connectivity index (χ1n) is 11.0. The van der Waals surface area contributed by atoms with Crippen molar-refractivity contribution in [3.63, 3.8) is 0 Å². The molecule has 0 aromatic heterocycles. The number of anilines is 1. The molecule has 2 aromatic carbocycles. The summed E-state index contributed by atoms with van der Waals surface area (Å²) < 4.78 is 75.8. The first-order valence-corrected chi connectivity index (χ1v) is 12.9. The number of benzene rings is 2. The summed E-state index contributed by atoms with van der Waals surface area (Å²) in [6.07, 6.45) is -3.86. The molecular formula is C23H28F3N3O6S. The van der Waals surface area contributed by atoms with Crippen LogP contribution in [0.1, 0.15) is 19.4 Å². The van der Waals surface area contributed by atoms with Crippen LogP contribution in [0.2, 0.25) is 0 Å². The zero-order valence-corrected chi connectivity index (χ0v) is 20.7. The largest absolute Gasteiger partial charge is 0.457 e. The van der Waals surface area contributed by atoms with E-state index in [-0.39, 0.29) is 35.9 Å². The summed E-state index contributed by atoms with van der Waals surface area (Å²) >= 11 is 0. The lowest BCUT2D eigenvalue weighted by Crippen LogP contribution is -2.58. The van der Waals surface area contributed by atoms with E-state index in [1.807, 2.05) is 13.8 Å². The molecule has 0 spiro atoms. The van der Waals surface area contributed by atoms with Gasteiger partial charge in [0.05, 0.1) is 36.3 Å². The number of sulfonamides is 1. The van der Waals surface area contributed by atoms with Crippen LogP contribution in [0, 0.1) is 0 Å². The van der Waals surface area contributed by atoms with Crippen LogP contribution in [0.3, 0.4) is 0 Å². The van der Waals surface area contributed by atoms with Crippen molar-refractivity contribution in [3.05, 3.63) is 54.1 Å². The summed E-state index contributed by atoms with van der Waals surface area (Å²) in [6.45, 7) is 4.12. The Kier molecular flexibility index (Phi) is 8.49. The van der Waals surface area contributed by atoms with E-state index < -0.39 is 33.7 Å². The Hall–Kier alpha value is -2.87. The summed E-state index contributed by atoms with van der Waals surface area (Å²) in [6, 6.07) is 9.00. The molecule has 198 valence electrons. The molecule has 3 atom stereocenters. The van der Waals surface area contributed by atoms with Crippen molar-refractivity contribution < 1.29 is 41.1 Å². The van der Waals surface area contributed by atoms with Gasteiger partial charge in [0, 0.05) is 13.1 Å². The maximum atomic E-state index is 12.7. The molecule has 2 N–H and O–H groups in total. The summed E-state index contributed by atoms with van der Waals surface area (Å²) in [7, 11) is -3.84. The molecule has 0 saturated carbocycles. The van der Waals surface area contributed by atoms with Crippen LogP contribution < -0.4 is 14.5 Å². The third kappa shape index (κ3) is 7.09. The molecule has 36 heavy (non-hydrogen) atoms. The van der Waals surface area contributed by atoms with Crippen molar-refractivity contribution in [2.45, 2.75) is 38.3 Å². The molecule has 1 heterocycles. The highest BCUT2D eigenvalue weighted by atomic mass is 32.2. The molecule has 1 aliphatic heterocycles. The molecule has 1 fully saturated rings. The molecule has 13 heteroatoms. The highest BCUT2D eigenvalue weighted by molar-refractivity contribution is 7.92. The highest BCUT2D eigenvalue weighted by Gasteiger charge is 2.35. The summed E-state index contributed by atoms with van der Waals surface area (Å²) in [5.74, 6) is -0.314. The molecule has 9 nitrogen and oxygen atoms in total. The SMILES string of the molecule is CC1CN([C@@H](CN(c2ccc(Oc3ccc(C(F)(F)F)cc3)cc2)S(C)(=O)=O)C(=O)NO)C[C@@H](C)O1. The summed E-state index contributed by atoms with van der Waals surface area (Å²) in [5, 5.41) is 9.29. The Bertz CT molecular complexity index is 1130. The van der Waals surface area contributed by atoms with Crippen LogP contribution in [-0.4, -0.2) is 68.6 Å². The number of ether oxygens (including phenoxy) is 2. The van der Waals surface area contributed by atoms with E-state index in [9.17, 15) is 31.6 Å². The molecular weight excluding hydrogens is 503 g/mol. The average molecular weight is 532 g/mol. The Morgan fingerprint density at radius 3 is 2.06 bits per heavy atom. The number of morpholine rings is 1. The summed E-state index contributed by atoms with van der Waals surface area (Å²) in [4.78, 5) is 14.3. The second-order valence-corrected chi connectivity index (χ2v) is 10.5. The van der Waals surface area contributed by atoms with Gasteiger partial charge in [-0.2, -0.15) is 13.2 Å². The zero-order chi connectivity index (χ0) is 26.7. The smallest absolute Gasteiger partial charge is 0.416 e. The maximum Gasteiger partial charge on any atom is 0.416 e. The van der Waals surface area contributed by atoms with Gasteiger partial charge in [-0.05, 0) is 62.4 Å². The predicted molar refractivity (Wildman–Crippen MR) is 125 cm³/mol. The van der Waals surface area contributed by atoms with Gasteiger partial charge in [0.1, 0.15) is 17.5 Å². The van der Waals surface area contributed by atoms with E-state index in [2.05, 4.69) is 0 Å². The fourth-order valence-corrected chi connectivity index (χ4v) is 4.95. The molecule has 0 radical (unpaired) electrons. The van der Waals surface area contributed by atoms with Crippen LogP contribution in [0.4, 0.5) is 18.9 Å². The van der Waals surface area contributed by atoms with E-state index >= 15 is 0 Å². The van der Waals surface area contributed by atoms with Gasteiger partial charge in [-0.3, -0.25) is 19.2 Å². The van der Waals surface area contributed by atoms with Gasteiger partial charge in [0.2, 0.25) is 10.0 Å². The van der Waals surface area contributed by atoms with Gasteiger partial charge in [0.15, 0.2) is 0 Å². The van der Waals surface area contributed by atoms with Crippen LogP contribution in [0.5, 0.6) is 11.5 Å². The van der Waals surface area contributed by atoms with Gasteiger partial charge in [-0.1, -0.05) is 0 Å². The number of rotatable bonds is 8. The van der Waals surface area contributed by atoms with Gasteiger partial charge in [0.25, 0.3) is 5.91 Å². The second kappa shape index (κ2) is 11.0. The quantitative estimate of drug-likeness (QED) is 0.398. The third-order valence-electron chi connectivity index (χ3n) is 5.58. The topological polar surface area (TPSA) is 108 Å². The molecule has 1 unspecified atom stereocenters. The molecule has 1 amide bonds. The Labute approximate surface area is 207 Å². The van der Waals surface area contributed by atoms with Crippen LogP contribution in [0.25, 0.3) is 0 Å². The lowest BCUT2D eigenvalue weighted by atomic mass is 10.1. The van der Waals surface area contributed by atoms with Crippen molar-refractivity contribution in [1.82, 2.24) is 10.4 Å². The zero-order valence-electron chi connectivity index (χ0n) is 19.9. The van der Waals surface area contributed by atoms with Gasteiger partial charge in [-0.25, -0.2) is 13.9 Å². The molecule has 0 aliphatic carbocycles.